The first-order chi connectivity index (χ1) is 7.57. The van der Waals surface area contributed by atoms with Gasteiger partial charge in [0.25, 0.3) is 6.29 Å². The van der Waals surface area contributed by atoms with Gasteiger partial charge in [0, 0.05) is 6.42 Å². The van der Waals surface area contributed by atoms with Crippen molar-refractivity contribution in [3.8, 4) is 0 Å². The maximum atomic E-state index is 12.4. The fraction of sp³-hybridized carbons (Fsp3) is 0.455. The Hall–Kier alpha value is -1.07. The highest BCUT2D eigenvalue weighted by Gasteiger charge is 2.45. The summed E-state index contributed by atoms with van der Waals surface area (Å²) >= 11 is 0. The monoisotopic (exact) mass is 232 g/mol. The van der Waals surface area contributed by atoms with Crippen LogP contribution in [0, 0.1) is 0 Å². The molecule has 1 fully saturated rings. The maximum absolute atomic E-state index is 12.4. The molecule has 5 heteroatoms. The van der Waals surface area contributed by atoms with E-state index in [9.17, 15) is 13.2 Å². The van der Waals surface area contributed by atoms with E-state index < -0.39 is 18.6 Å². The Morgan fingerprint density at radius 1 is 1.12 bits per heavy atom. The second kappa shape index (κ2) is 4.43. The van der Waals surface area contributed by atoms with Crippen LogP contribution in [-0.2, 0) is 9.47 Å². The topological polar surface area (TPSA) is 18.5 Å². The van der Waals surface area contributed by atoms with Gasteiger partial charge in [-0.2, -0.15) is 13.2 Å². The Balaban J connectivity index is 2.08. The van der Waals surface area contributed by atoms with Crippen molar-refractivity contribution in [1.29, 1.82) is 0 Å². The van der Waals surface area contributed by atoms with Gasteiger partial charge >= 0.3 is 6.18 Å². The van der Waals surface area contributed by atoms with E-state index in [0.717, 1.165) is 5.56 Å². The molecule has 0 amide bonds. The van der Waals surface area contributed by atoms with Gasteiger partial charge in [-0.05, 0) is 5.56 Å². The quantitative estimate of drug-likeness (QED) is 0.740. The van der Waals surface area contributed by atoms with Crippen molar-refractivity contribution in [3.63, 3.8) is 0 Å². The summed E-state index contributed by atoms with van der Waals surface area (Å²) in [5, 5.41) is 0. The van der Waals surface area contributed by atoms with Gasteiger partial charge in [0.05, 0.1) is 12.7 Å². The van der Waals surface area contributed by atoms with Crippen molar-refractivity contribution in [2.75, 3.05) is 6.61 Å². The van der Waals surface area contributed by atoms with Crippen LogP contribution in [0.15, 0.2) is 30.3 Å². The van der Waals surface area contributed by atoms with Crippen LogP contribution in [0.5, 0.6) is 0 Å². The molecule has 1 aliphatic rings. The van der Waals surface area contributed by atoms with Gasteiger partial charge < -0.3 is 9.47 Å². The lowest BCUT2D eigenvalue weighted by atomic mass is 10.1. The molecule has 2 rings (SSSR count). The highest BCUT2D eigenvalue weighted by molar-refractivity contribution is 5.17. The van der Waals surface area contributed by atoms with Gasteiger partial charge in [-0.25, -0.2) is 0 Å². The average Bonchev–Trinajstić information content (AvgIpc) is 2.29. The highest BCUT2D eigenvalue weighted by atomic mass is 19.4. The van der Waals surface area contributed by atoms with Crippen molar-refractivity contribution in [1.82, 2.24) is 0 Å². The molecule has 0 bridgehead atoms. The number of hydrogen-bond donors (Lipinski definition) is 0. The number of benzene rings is 1. The summed E-state index contributed by atoms with van der Waals surface area (Å²) in [5.41, 5.74) is 0.750. The molecular weight excluding hydrogens is 221 g/mol. The normalized spacial score (nSPS) is 26.7. The van der Waals surface area contributed by atoms with Gasteiger partial charge in [-0.1, -0.05) is 30.3 Å². The van der Waals surface area contributed by atoms with Crippen molar-refractivity contribution < 1.29 is 22.6 Å². The minimum absolute atomic E-state index is 0.0593. The molecule has 1 aromatic carbocycles. The Bertz CT molecular complexity index is 337. The molecule has 1 heterocycles. The fourth-order valence-electron chi connectivity index (χ4n) is 1.62. The molecular formula is C11H11F3O2. The fourth-order valence-corrected chi connectivity index (χ4v) is 1.62. The Morgan fingerprint density at radius 2 is 1.81 bits per heavy atom. The van der Waals surface area contributed by atoms with E-state index in [1.165, 1.54) is 0 Å². The summed E-state index contributed by atoms with van der Waals surface area (Å²) in [6, 6.07) is 8.87. The van der Waals surface area contributed by atoms with E-state index in [2.05, 4.69) is 4.74 Å². The standard InChI is InChI=1S/C11H11F3O2/c12-11(13,14)10-15-7-6-9(16-10)8-4-2-1-3-5-8/h1-5,9-10H,6-7H2. The summed E-state index contributed by atoms with van der Waals surface area (Å²) in [6.07, 6.45) is -6.67. The van der Waals surface area contributed by atoms with Gasteiger partial charge in [-0.3, -0.25) is 0 Å². The predicted octanol–water partition coefficient (Wildman–Crippen LogP) is 3.05. The number of rotatable bonds is 1. The van der Waals surface area contributed by atoms with Gasteiger partial charge in [0.2, 0.25) is 0 Å². The molecule has 1 aliphatic heterocycles. The third-order valence-electron chi connectivity index (χ3n) is 2.38. The van der Waals surface area contributed by atoms with Crippen LogP contribution in [0.2, 0.25) is 0 Å². The summed E-state index contributed by atoms with van der Waals surface area (Å²) < 4.78 is 46.6. The van der Waals surface area contributed by atoms with Crippen LogP contribution in [0.25, 0.3) is 0 Å². The first-order valence-electron chi connectivity index (χ1n) is 4.96. The lowest BCUT2D eigenvalue weighted by molar-refractivity contribution is -0.342. The smallest absolute Gasteiger partial charge is 0.345 e. The summed E-state index contributed by atoms with van der Waals surface area (Å²) in [4.78, 5) is 0. The van der Waals surface area contributed by atoms with Gasteiger partial charge in [0.15, 0.2) is 0 Å². The van der Waals surface area contributed by atoms with E-state index in [-0.39, 0.29) is 6.61 Å². The van der Waals surface area contributed by atoms with Crippen LogP contribution in [0.1, 0.15) is 18.1 Å². The van der Waals surface area contributed by atoms with E-state index in [1.54, 1.807) is 24.3 Å². The second-order valence-corrected chi connectivity index (χ2v) is 3.57. The van der Waals surface area contributed by atoms with Crippen molar-refractivity contribution in [3.05, 3.63) is 35.9 Å². The molecule has 0 aromatic heterocycles. The SMILES string of the molecule is FC(F)(F)C1OCCC(c2ccccc2)O1. The predicted molar refractivity (Wildman–Crippen MR) is 50.7 cm³/mol. The zero-order valence-corrected chi connectivity index (χ0v) is 8.41. The molecule has 0 aliphatic carbocycles. The highest BCUT2D eigenvalue weighted by Crippen LogP contribution is 2.34. The number of alkyl halides is 3. The first kappa shape index (κ1) is 11.4. The molecule has 1 aromatic rings. The van der Waals surface area contributed by atoms with Crippen LogP contribution >= 0.6 is 0 Å². The second-order valence-electron chi connectivity index (χ2n) is 3.57. The van der Waals surface area contributed by atoms with Crippen LogP contribution in [0.4, 0.5) is 13.2 Å². The zero-order chi connectivity index (χ0) is 11.6. The van der Waals surface area contributed by atoms with Gasteiger partial charge in [0.1, 0.15) is 0 Å². The molecule has 2 nitrogen and oxygen atoms in total. The van der Waals surface area contributed by atoms with Gasteiger partial charge in [-0.15, -0.1) is 0 Å². The van der Waals surface area contributed by atoms with E-state index in [1.807, 2.05) is 6.07 Å². The maximum Gasteiger partial charge on any atom is 0.440 e. The molecule has 0 spiro atoms. The molecule has 0 N–H and O–H groups in total. The third-order valence-corrected chi connectivity index (χ3v) is 2.38. The van der Waals surface area contributed by atoms with Crippen LogP contribution in [0.3, 0.4) is 0 Å². The van der Waals surface area contributed by atoms with E-state index in [4.69, 9.17) is 4.74 Å². The number of hydrogen-bond acceptors (Lipinski definition) is 2. The lowest BCUT2D eigenvalue weighted by Crippen LogP contribution is -2.39. The zero-order valence-electron chi connectivity index (χ0n) is 8.41. The Labute approximate surface area is 91.0 Å². The molecule has 88 valence electrons. The molecule has 0 saturated carbocycles. The van der Waals surface area contributed by atoms with Crippen molar-refractivity contribution in [2.45, 2.75) is 25.0 Å². The van der Waals surface area contributed by atoms with Crippen LogP contribution in [-0.4, -0.2) is 19.1 Å². The van der Waals surface area contributed by atoms with Crippen molar-refractivity contribution >= 4 is 0 Å². The largest absolute Gasteiger partial charge is 0.440 e. The molecule has 16 heavy (non-hydrogen) atoms. The lowest BCUT2D eigenvalue weighted by Gasteiger charge is -2.31. The van der Waals surface area contributed by atoms with Crippen LogP contribution < -0.4 is 0 Å². The van der Waals surface area contributed by atoms with Crippen molar-refractivity contribution in [2.24, 2.45) is 0 Å². The Kier molecular flexibility index (Phi) is 3.16. The molecule has 2 unspecified atom stereocenters. The summed E-state index contributed by atoms with van der Waals surface area (Å²) in [6.45, 7) is 0.0593. The summed E-state index contributed by atoms with van der Waals surface area (Å²) in [5.74, 6) is 0. The Morgan fingerprint density at radius 3 is 2.44 bits per heavy atom. The van der Waals surface area contributed by atoms with E-state index in [0.29, 0.717) is 6.42 Å². The molecule has 0 radical (unpaired) electrons. The number of halogens is 3. The molecule has 2 atom stereocenters. The minimum atomic E-state index is -4.46. The summed E-state index contributed by atoms with van der Waals surface area (Å²) in [7, 11) is 0. The average molecular weight is 232 g/mol. The third kappa shape index (κ3) is 2.54. The minimum Gasteiger partial charge on any atom is -0.345 e. The van der Waals surface area contributed by atoms with E-state index >= 15 is 0 Å². The number of ether oxygens (including phenoxy) is 2. The molecule has 1 saturated heterocycles. The first-order valence-corrected chi connectivity index (χ1v) is 4.96.